The normalized spacial score (nSPS) is 12.0. The maximum absolute atomic E-state index is 12.7. The van der Waals surface area contributed by atoms with Crippen molar-refractivity contribution in [2.75, 3.05) is 7.05 Å². The fraction of sp³-hybridized carbons (Fsp3) is 0.312. The molecule has 6 nitrogen and oxygen atoms in total. The lowest BCUT2D eigenvalue weighted by molar-refractivity contribution is -0.137. The first kappa shape index (κ1) is 17.2. The van der Waals surface area contributed by atoms with Gasteiger partial charge in [-0.2, -0.15) is 23.3 Å². The van der Waals surface area contributed by atoms with E-state index < -0.39 is 11.7 Å². The van der Waals surface area contributed by atoms with Crippen LogP contribution in [-0.4, -0.2) is 32.3 Å². The smallest absolute Gasteiger partial charge is 0.338 e. The summed E-state index contributed by atoms with van der Waals surface area (Å²) in [7, 11) is 1.89. The summed E-state index contributed by atoms with van der Waals surface area (Å²) in [6.45, 7) is 1.06. The molecule has 0 bridgehead atoms. The third-order valence-electron chi connectivity index (χ3n) is 3.53. The van der Waals surface area contributed by atoms with Crippen LogP contribution >= 0.6 is 0 Å². The van der Waals surface area contributed by atoms with Crippen molar-refractivity contribution in [2.45, 2.75) is 25.7 Å². The van der Waals surface area contributed by atoms with Gasteiger partial charge in [0.15, 0.2) is 5.82 Å². The van der Waals surface area contributed by atoms with E-state index in [0.29, 0.717) is 30.4 Å². The second-order valence-electron chi connectivity index (χ2n) is 5.73. The van der Waals surface area contributed by atoms with Gasteiger partial charge in [-0.15, -0.1) is 0 Å². The monoisotopic (exact) mass is 351 g/mol. The summed E-state index contributed by atoms with van der Waals surface area (Å²) < 4.78 is 43.4. The molecule has 0 aliphatic carbocycles. The topological polar surface area (TPSA) is 70.8 Å². The van der Waals surface area contributed by atoms with E-state index in [4.69, 9.17) is 4.52 Å². The first-order chi connectivity index (χ1) is 11.9. The molecule has 2 heterocycles. The van der Waals surface area contributed by atoms with Crippen LogP contribution in [0.5, 0.6) is 0 Å². The molecule has 0 atom stereocenters. The van der Waals surface area contributed by atoms with E-state index in [0.717, 1.165) is 17.8 Å². The summed E-state index contributed by atoms with van der Waals surface area (Å²) >= 11 is 0. The molecule has 0 saturated carbocycles. The van der Waals surface area contributed by atoms with Gasteiger partial charge >= 0.3 is 6.18 Å². The van der Waals surface area contributed by atoms with Gasteiger partial charge in [0, 0.05) is 24.9 Å². The van der Waals surface area contributed by atoms with Crippen molar-refractivity contribution < 1.29 is 17.7 Å². The molecule has 9 heteroatoms. The molecule has 0 aliphatic rings. The van der Waals surface area contributed by atoms with Crippen LogP contribution in [0.1, 0.15) is 28.5 Å². The molecule has 3 rings (SSSR count). The van der Waals surface area contributed by atoms with Gasteiger partial charge in [0.05, 0.1) is 12.1 Å². The summed E-state index contributed by atoms with van der Waals surface area (Å²) in [6, 6.07) is 6.98. The molecule has 25 heavy (non-hydrogen) atoms. The Hall–Kier alpha value is -2.68. The number of H-pyrrole nitrogens is 1. The van der Waals surface area contributed by atoms with Crippen molar-refractivity contribution >= 4 is 0 Å². The Kier molecular flexibility index (Phi) is 4.84. The van der Waals surface area contributed by atoms with Crippen molar-refractivity contribution in [3.05, 3.63) is 65.1 Å². The van der Waals surface area contributed by atoms with Crippen molar-refractivity contribution in [1.82, 2.24) is 25.2 Å². The number of rotatable bonds is 6. The van der Waals surface area contributed by atoms with Crippen molar-refractivity contribution in [1.29, 1.82) is 0 Å². The Balaban J connectivity index is 1.62. The lowest BCUT2D eigenvalue weighted by Gasteiger charge is -2.11. The highest BCUT2D eigenvalue weighted by molar-refractivity contribution is 5.27. The number of aromatic nitrogens is 4. The molecule has 2 aromatic heterocycles. The maximum Gasteiger partial charge on any atom is 0.416 e. The molecule has 132 valence electrons. The standard InChI is InChI=1S/C16H16F3N5O/c1-24(9-13-5-6-20-22-13)10-15-21-14(23-25-15)8-11-3-2-4-12(7-11)16(17,18)19/h2-7H,8-10H2,1H3,(H,20,22). The summed E-state index contributed by atoms with van der Waals surface area (Å²) in [5.74, 6) is 0.758. The highest BCUT2D eigenvalue weighted by atomic mass is 19.4. The summed E-state index contributed by atoms with van der Waals surface area (Å²) in [6.07, 6.45) is -2.52. The van der Waals surface area contributed by atoms with Gasteiger partial charge in [-0.3, -0.25) is 10.00 Å². The highest BCUT2D eigenvalue weighted by Gasteiger charge is 2.30. The van der Waals surface area contributed by atoms with Gasteiger partial charge in [0.2, 0.25) is 5.89 Å². The number of alkyl halides is 3. The largest absolute Gasteiger partial charge is 0.416 e. The van der Waals surface area contributed by atoms with Crippen molar-refractivity contribution in [3.63, 3.8) is 0 Å². The van der Waals surface area contributed by atoms with Gasteiger partial charge in [-0.05, 0) is 24.7 Å². The highest BCUT2D eigenvalue weighted by Crippen LogP contribution is 2.29. The van der Waals surface area contributed by atoms with E-state index in [2.05, 4.69) is 20.3 Å². The van der Waals surface area contributed by atoms with E-state index in [1.807, 2.05) is 18.0 Å². The van der Waals surface area contributed by atoms with E-state index >= 15 is 0 Å². The fourth-order valence-corrected chi connectivity index (χ4v) is 2.42. The molecule has 1 N–H and O–H groups in total. The minimum atomic E-state index is -4.37. The Morgan fingerprint density at radius 1 is 1.20 bits per heavy atom. The predicted molar refractivity (Wildman–Crippen MR) is 82.3 cm³/mol. The van der Waals surface area contributed by atoms with Crippen LogP contribution in [0, 0.1) is 0 Å². The molecule has 3 aromatic rings. The first-order valence-electron chi connectivity index (χ1n) is 7.54. The Morgan fingerprint density at radius 2 is 2.04 bits per heavy atom. The molecule has 0 aliphatic heterocycles. The molecule has 0 radical (unpaired) electrons. The van der Waals surface area contributed by atoms with Crippen LogP contribution < -0.4 is 0 Å². The van der Waals surface area contributed by atoms with Crippen LogP contribution in [0.15, 0.2) is 41.1 Å². The second kappa shape index (κ2) is 7.06. The Bertz CT molecular complexity index is 813. The van der Waals surface area contributed by atoms with Gasteiger partial charge in [0.1, 0.15) is 0 Å². The van der Waals surface area contributed by atoms with Crippen LogP contribution in [0.2, 0.25) is 0 Å². The fourth-order valence-electron chi connectivity index (χ4n) is 2.42. The lowest BCUT2D eigenvalue weighted by atomic mass is 10.1. The van der Waals surface area contributed by atoms with E-state index in [-0.39, 0.29) is 6.42 Å². The van der Waals surface area contributed by atoms with Gasteiger partial charge in [-0.25, -0.2) is 0 Å². The number of benzene rings is 1. The Morgan fingerprint density at radius 3 is 2.76 bits per heavy atom. The van der Waals surface area contributed by atoms with Crippen LogP contribution in [-0.2, 0) is 25.7 Å². The van der Waals surface area contributed by atoms with Gasteiger partial charge in [0.25, 0.3) is 0 Å². The predicted octanol–water partition coefficient (Wildman–Crippen LogP) is 3.03. The molecule has 0 fully saturated rings. The van der Waals surface area contributed by atoms with Crippen LogP contribution in [0.3, 0.4) is 0 Å². The zero-order valence-electron chi connectivity index (χ0n) is 13.4. The zero-order chi connectivity index (χ0) is 17.9. The SMILES string of the molecule is CN(Cc1ccn[nH]1)Cc1nc(Cc2cccc(C(F)(F)F)c2)no1. The van der Waals surface area contributed by atoms with Crippen LogP contribution in [0.4, 0.5) is 13.2 Å². The molecule has 1 aromatic carbocycles. The minimum Gasteiger partial charge on any atom is -0.338 e. The average molecular weight is 351 g/mol. The van der Waals surface area contributed by atoms with Crippen molar-refractivity contribution in [3.8, 4) is 0 Å². The van der Waals surface area contributed by atoms with E-state index in [9.17, 15) is 13.2 Å². The number of aromatic amines is 1. The number of hydrogen-bond donors (Lipinski definition) is 1. The third kappa shape index (κ3) is 4.66. The maximum atomic E-state index is 12.7. The quantitative estimate of drug-likeness (QED) is 0.739. The minimum absolute atomic E-state index is 0.178. The first-order valence-corrected chi connectivity index (χ1v) is 7.54. The third-order valence-corrected chi connectivity index (χ3v) is 3.53. The average Bonchev–Trinajstić information content (AvgIpc) is 3.19. The molecule has 0 saturated heterocycles. The van der Waals surface area contributed by atoms with Crippen LogP contribution in [0.25, 0.3) is 0 Å². The molecule has 0 amide bonds. The zero-order valence-corrected chi connectivity index (χ0v) is 13.4. The summed E-state index contributed by atoms with van der Waals surface area (Å²) in [4.78, 5) is 6.19. The molecule has 0 spiro atoms. The van der Waals surface area contributed by atoms with E-state index in [1.54, 1.807) is 12.3 Å². The molecular formula is C16H16F3N5O. The van der Waals surface area contributed by atoms with Crippen molar-refractivity contribution in [2.24, 2.45) is 0 Å². The Labute approximate surface area is 141 Å². The lowest BCUT2D eigenvalue weighted by Crippen LogP contribution is -2.17. The number of halogens is 3. The molecule has 0 unspecified atom stereocenters. The van der Waals surface area contributed by atoms with E-state index in [1.165, 1.54) is 6.07 Å². The second-order valence-corrected chi connectivity index (χ2v) is 5.73. The van der Waals surface area contributed by atoms with Gasteiger partial charge < -0.3 is 4.52 Å². The number of nitrogens with zero attached hydrogens (tertiary/aromatic N) is 4. The number of nitrogens with one attached hydrogen (secondary N) is 1. The number of hydrogen-bond acceptors (Lipinski definition) is 5. The molecular weight excluding hydrogens is 335 g/mol. The summed E-state index contributed by atoms with van der Waals surface area (Å²) in [5, 5.41) is 10.6. The summed E-state index contributed by atoms with van der Waals surface area (Å²) in [5.41, 5.74) is 0.743. The van der Waals surface area contributed by atoms with Gasteiger partial charge in [-0.1, -0.05) is 23.4 Å².